The first-order valence-corrected chi connectivity index (χ1v) is 9.34. The molecule has 0 spiro atoms. The Morgan fingerprint density at radius 3 is 2.74 bits per heavy atom. The first-order valence-electron chi connectivity index (χ1n) is 8.53. The van der Waals surface area contributed by atoms with E-state index in [1.807, 2.05) is 0 Å². The van der Waals surface area contributed by atoms with Gasteiger partial charge in [-0.3, -0.25) is 4.79 Å². The van der Waals surface area contributed by atoms with Crippen LogP contribution in [0.1, 0.15) is 40.4 Å². The van der Waals surface area contributed by atoms with E-state index in [1.54, 1.807) is 6.07 Å². The van der Waals surface area contributed by atoms with E-state index < -0.39 is 41.1 Å². The zero-order valence-corrected chi connectivity index (χ0v) is 15.6. The van der Waals surface area contributed by atoms with Crippen molar-refractivity contribution in [2.75, 3.05) is 5.32 Å². The predicted molar refractivity (Wildman–Crippen MR) is 95.3 cm³/mol. The number of thiophene rings is 1. The van der Waals surface area contributed by atoms with Crippen LogP contribution in [-0.2, 0) is 22.4 Å². The number of ether oxygens (including phenoxy) is 1. The first kappa shape index (κ1) is 19.4. The van der Waals surface area contributed by atoms with Gasteiger partial charge in [0.15, 0.2) is 23.6 Å². The lowest BCUT2D eigenvalue weighted by Crippen LogP contribution is -2.30. The van der Waals surface area contributed by atoms with Gasteiger partial charge < -0.3 is 10.1 Å². The number of esters is 1. The van der Waals surface area contributed by atoms with Crippen LogP contribution in [0, 0.1) is 23.4 Å². The Balaban J connectivity index is 1.65. The highest BCUT2D eigenvalue weighted by Crippen LogP contribution is 2.32. The lowest BCUT2D eigenvalue weighted by atomic mass is 9.90. The summed E-state index contributed by atoms with van der Waals surface area (Å²) in [6.07, 6.45) is 1.66. The molecule has 144 valence electrons. The van der Waals surface area contributed by atoms with Crippen molar-refractivity contribution in [2.45, 2.75) is 39.2 Å². The standard InChI is InChI=1S/C19H18F3NO3S/c1-9-3-6-14-11(7-9)8-15(27-14)19(25)26-10(2)18(24)23-13-5-4-12(20)16(21)17(13)22/h4-5,8-10H,3,6-7H2,1-2H3,(H,23,24)/t9-,10+/m0/s1. The highest BCUT2D eigenvalue weighted by atomic mass is 32.1. The molecule has 27 heavy (non-hydrogen) atoms. The summed E-state index contributed by atoms with van der Waals surface area (Å²) < 4.78 is 44.9. The third-order valence-electron chi connectivity index (χ3n) is 4.48. The summed E-state index contributed by atoms with van der Waals surface area (Å²) >= 11 is 1.35. The number of hydrogen-bond donors (Lipinski definition) is 1. The fraction of sp³-hybridized carbons (Fsp3) is 0.368. The fourth-order valence-corrected chi connectivity index (χ4v) is 4.03. The molecule has 1 heterocycles. The molecule has 0 saturated heterocycles. The molecule has 1 aliphatic carbocycles. The summed E-state index contributed by atoms with van der Waals surface area (Å²) in [5.74, 6) is -5.48. The van der Waals surface area contributed by atoms with Gasteiger partial charge in [0.05, 0.1) is 5.69 Å². The van der Waals surface area contributed by atoms with Crippen LogP contribution in [0.2, 0.25) is 0 Å². The molecule has 0 unspecified atom stereocenters. The highest BCUT2D eigenvalue weighted by Gasteiger charge is 2.25. The molecule has 1 N–H and O–H groups in total. The van der Waals surface area contributed by atoms with Gasteiger partial charge in [-0.2, -0.15) is 0 Å². The number of aryl methyl sites for hydroxylation is 1. The van der Waals surface area contributed by atoms with E-state index in [4.69, 9.17) is 4.74 Å². The first-order chi connectivity index (χ1) is 12.8. The van der Waals surface area contributed by atoms with Gasteiger partial charge in [-0.25, -0.2) is 18.0 Å². The maximum Gasteiger partial charge on any atom is 0.349 e. The van der Waals surface area contributed by atoms with E-state index in [9.17, 15) is 22.8 Å². The second-order valence-electron chi connectivity index (χ2n) is 6.67. The molecule has 1 amide bonds. The van der Waals surface area contributed by atoms with Gasteiger partial charge >= 0.3 is 5.97 Å². The third-order valence-corrected chi connectivity index (χ3v) is 5.69. The minimum atomic E-state index is -1.68. The van der Waals surface area contributed by atoms with Gasteiger partial charge in [-0.05, 0) is 55.9 Å². The number of rotatable bonds is 4. The number of benzene rings is 1. The van der Waals surface area contributed by atoms with Crippen LogP contribution < -0.4 is 5.32 Å². The van der Waals surface area contributed by atoms with Crippen LogP contribution in [0.25, 0.3) is 0 Å². The largest absolute Gasteiger partial charge is 0.448 e. The maximum atomic E-state index is 13.6. The molecular weight excluding hydrogens is 379 g/mol. The van der Waals surface area contributed by atoms with E-state index in [1.165, 1.54) is 18.3 Å². The van der Waals surface area contributed by atoms with E-state index in [0.29, 0.717) is 16.9 Å². The number of carbonyl (C=O) groups excluding carboxylic acids is 2. The number of amides is 1. The van der Waals surface area contributed by atoms with Crippen molar-refractivity contribution in [3.63, 3.8) is 0 Å². The van der Waals surface area contributed by atoms with E-state index in [2.05, 4.69) is 12.2 Å². The average molecular weight is 397 g/mol. The molecule has 2 atom stereocenters. The second-order valence-corrected chi connectivity index (χ2v) is 7.80. The van der Waals surface area contributed by atoms with Gasteiger partial charge in [0.1, 0.15) is 4.88 Å². The summed E-state index contributed by atoms with van der Waals surface area (Å²) in [6, 6.07) is 3.38. The Morgan fingerprint density at radius 1 is 1.26 bits per heavy atom. The van der Waals surface area contributed by atoms with Gasteiger partial charge in [0, 0.05) is 4.88 Å². The summed E-state index contributed by atoms with van der Waals surface area (Å²) in [7, 11) is 0. The van der Waals surface area contributed by atoms with Crippen molar-refractivity contribution in [3.05, 3.63) is 51.0 Å². The minimum Gasteiger partial charge on any atom is -0.448 e. The molecule has 0 bridgehead atoms. The van der Waals surface area contributed by atoms with Crippen molar-refractivity contribution < 1.29 is 27.5 Å². The molecule has 0 saturated carbocycles. The summed E-state index contributed by atoms with van der Waals surface area (Å²) in [4.78, 5) is 26.0. The summed E-state index contributed by atoms with van der Waals surface area (Å²) in [5, 5.41) is 2.10. The SMILES string of the molecule is C[C@H]1CCc2sc(C(=O)O[C@H](C)C(=O)Nc3ccc(F)c(F)c3F)cc2C1. The third kappa shape index (κ3) is 4.16. The normalized spacial score (nSPS) is 17.1. The van der Waals surface area contributed by atoms with Crippen LogP contribution in [0.15, 0.2) is 18.2 Å². The minimum absolute atomic E-state index is 0.410. The van der Waals surface area contributed by atoms with E-state index in [-0.39, 0.29) is 0 Å². The van der Waals surface area contributed by atoms with Crippen LogP contribution in [0.4, 0.5) is 18.9 Å². The summed E-state index contributed by atoms with van der Waals surface area (Å²) in [5.41, 5.74) is 0.606. The van der Waals surface area contributed by atoms with Crippen molar-refractivity contribution in [3.8, 4) is 0 Å². The topological polar surface area (TPSA) is 55.4 Å². The Bertz CT molecular complexity index is 897. The van der Waals surface area contributed by atoms with Crippen LogP contribution in [0.5, 0.6) is 0 Å². The molecule has 0 radical (unpaired) electrons. The number of hydrogen-bond acceptors (Lipinski definition) is 4. The van der Waals surface area contributed by atoms with Crippen LogP contribution >= 0.6 is 11.3 Å². The highest BCUT2D eigenvalue weighted by molar-refractivity contribution is 7.14. The quantitative estimate of drug-likeness (QED) is 0.612. The number of carbonyl (C=O) groups is 2. The molecule has 2 aromatic rings. The Morgan fingerprint density at radius 2 is 2.00 bits per heavy atom. The summed E-state index contributed by atoms with van der Waals surface area (Å²) in [6.45, 7) is 3.48. The molecule has 4 nitrogen and oxygen atoms in total. The Kier molecular flexibility index (Phi) is 5.55. The zero-order valence-electron chi connectivity index (χ0n) is 14.8. The fourth-order valence-electron chi connectivity index (χ4n) is 2.94. The van der Waals surface area contributed by atoms with Crippen LogP contribution in [0.3, 0.4) is 0 Å². The van der Waals surface area contributed by atoms with Crippen molar-refractivity contribution in [1.82, 2.24) is 0 Å². The van der Waals surface area contributed by atoms with Gasteiger partial charge in [-0.15, -0.1) is 11.3 Å². The molecule has 1 aliphatic rings. The van der Waals surface area contributed by atoms with E-state index in [0.717, 1.165) is 35.8 Å². The molecule has 1 aromatic carbocycles. The average Bonchev–Trinajstić information content (AvgIpc) is 3.05. The van der Waals surface area contributed by atoms with Gasteiger partial charge in [-0.1, -0.05) is 6.92 Å². The smallest absolute Gasteiger partial charge is 0.349 e. The van der Waals surface area contributed by atoms with E-state index >= 15 is 0 Å². The monoisotopic (exact) mass is 397 g/mol. The lowest BCUT2D eigenvalue weighted by Gasteiger charge is -2.16. The Labute approximate surface area is 158 Å². The van der Waals surface area contributed by atoms with Crippen molar-refractivity contribution in [2.24, 2.45) is 5.92 Å². The second kappa shape index (κ2) is 7.72. The molecule has 1 aromatic heterocycles. The molecule has 3 rings (SSSR count). The number of fused-ring (bicyclic) bond motifs is 1. The van der Waals surface area contributed by atoms with Gasteiger partial charge in [0.2, 0.25) is 0 Å². The Hall–Kier alpha value is -2.35. The van der Waals surface area contributed by atoms with Crippen LogP contribution in [-0.4, -0.2) is 18.0 Å². The van der Waals surface area contributed by atoms with Gasteiger partial charge in [0.25, 0.3) is 5.91 Å². The molecule has 8 heteroatoms. The van der Waals surface area contributed by atoms with Crippen molar-refractivity contribution >= 4 is 28.9 Å². The molecule has 0 aliphatic heterocycles. The predicted octanol–water partition coefficient (Wildman–Crippen LogP) is 4.47. The maximum absolute atomic E-state index is 13.6. The van der Waals surface area contributed by atoms with Crippen molar-refractivity contribution in [1.29, 1.82) is 0 Å². The lowest BCUT2D eigenvalue weighted by molar-refractivity contribution is -0.123. The number of anilines is 1. The molecule has 0 fully saturated rings. The zero-order chi connectivity index (χ0) is 19.7. The molecular formula is C19H18F3NO3S. The number of halogens is 3. The number of nitrogens with one attached hydrogen (secondary N) is 1.